The lowest BCUT2D eigenvalue weighted by Gasteiger charge is -2.48. The van der Waals surface area contributed by atoms with Gasteiger partial charge in [-0.3, -0.25) is 9.69 Å². The fourth-order valence-corrected chi connectivity index (χ4v) is 5.02. The molecule has 27 heavy (non-hydrogen) atoms. The molecule has 142 valence electrons. The summed E-state index contributed by atoms with van der Waals surface area (Å²) in [6.45, 7) is 0. The van der Waals surface area contributed by atoms with Crippen LogP contribution in [0.5, 0.6) is 0 Å². The number of β-lactam (4-membered cyclic amide) rings is 1. The smallest absolute Gasteiger partial charge is 0.360 e. The molecule has 0 radical (unpaired) electrons. The van der Waals surface area contributed by atoms with Crippen molar-refractivity contribution in [2.24, 2.45) is 5.16 Å². The van der Waals surface area contributed by atoms with Crippen molar-refractivity contribution in [3.63, 3.8) is 0 Å². The number of thioether (sulfide) groups is 1. The number of esters is 1. The molecule has 1 amide bonds. The number of oxime groups is 1. The highest BCUT2D eigenvalue weighted by Gasteiger charge is 2.56. The highest BCUT2D eigenvalue weighted by atomic mass is 32.2. The second-order valence-electron chi connectivity index (χ2n) is 5.63. The number of nitrogens with one attached hydrogen (secondary N) is 1. The maximum Gasteiger partial charge on any atom is 0.360 e. The third-order valence-electron chi connectivity index (χ3n) is 4.12. The molecule has 1 saturated heterocycles. The van der Waals surface area contributed by atoms with Crippen molar-refractivity contribution in [2.75, 3.05) is 18.2 Å². The average molecular weight is 412 g/mol. The first-order valence-electron chi connectivity index (χ1n) is 7.56. The van der Waals surface area contributed by atoms with E-state index in [1.165, 1.54) is 29.2 Å². The maximum atomic E-state index is 12.5. The quantitative estimate of drug-likeness (QED) is 0.248. The van der Waals surface area contributed by atoms with Gasteiger partial charge in [0.05, 0.1) is 0 Å². The van der Waals surface area contributed by atoms with Crippen molar-refractivity contribution < 1.29 is 34.2 Å². The number of rotatable bonds is 5. The fraction of sp³-hybridized carbons (Fsp3) is 0.357. The van der Waals surface area contributed by atoms with E-state index in [1.54, 1.807) is 0 Å². The molecule has 0 bridgehead atoms. The van der Waals surface area contributed by atoms with Gasteiger partial charge in [-0.15, -0.1) is 23.1 Å². The number of carboxylic acids is 1. The van der Waals surface area contributed by atoms with Crippen LogP contribution in [0.25, 0.3) is 0 Å². The van der Waals surface area contributed by atoms with E-state index in [4.69, 9.17) is 9.84 Å². The zero-order chi connectivity index (χ0) is 19.3. The normalized spacial score (nSPS) is 27.0. The van der Waals surface area contributed by atoms with Crippen molar-refractivity contribution in [2.45, 2.75) is 17.7 Å². The number of hydrogen-bond acceptors (Lipinski definition) is 11. The molecule has 4 rings (SSSR count). The zero-order valence-corrected chi connectivity index (χ0v) is 15.2. The molecule has 11 nitrogen and oxygen atoms in total. The summed E-state index contributed by atoms with van der Waals surface area (Å²) in [5.41, 5.74) is 0.248. The monoisotopic (exact) mass is 412 g/mol. The number of amides is 1. The van der Waals surface area contributed by atoms with Gasteiger partial charge in [-0.25, -0.2) is 14.6 Å². The molecule has 0 spiro atoms. The van der Waals surface area contributed by atoms with Crippen LogP contribution in [0.1, 0.15) is 5.69 Å². The Labute approximate surface area is 159 Å². The van der Waals surface area contributed by atoms with Crippen LogP contribution < -0.4 is 5.32 Å². The number of aliphatic hydroxyl groups excluding tert-OH is 1. The minimum atomic E-state index is -1.31. The highest BCUT2D eigenvalue weighted by molar-refractivity contribution is 8.00. The number of aliphatic hydroxyl groups is 1. The minimum absolute atomic E-state index is 0.101. The molecule has 0 saturated carbocycles. The molecule has 0 aliphatic carbocycles. The third-order valence-corrected chi connectivity index (χ3v) is 6.19. The van der Waals surface area contributed by atoms with E-state index in [2.05, 4.69) is 20.3 Å². The first-order valence-corrected chi connectivity index (χ1v) is 9.49. The van der Waals surface area contributed by atoms with Gasteiger partial charge in [-0.1, -0.05) is 5.16 Å². The Hall–Kier alpha value is -2.64. The number of aromatic nitrogens is 1. The summed E-state index contributed by atoms with van der Waals surface area (Å²) in [5.74, 6) is -2.00. The summed E-state index contributed by atoms with van der Waals surface area (Å²) in [7, 11) is 1.23. The van der Waals surface area contributed by atoms with E-state index in [9.17, 15) is 19.5 Å². The molecule has 3 aliphatic rings. The predicted octanol–water partition coefficient (Wildman–Crippen LogP) is -0.597. The van der Waals surface area contributed by atoms with Gasteiger partial charge >= 0.3 is 11.9 Å². The van der Waals surface area contributed by atoms with Crippen molar-refractivity contribution >= 4 is 51.8 Å². The van der Waals surface area contributed by atoms with E-state index in [-0.39, 0.29) is 28.4 Å². The van der Waals surface area contributed by atoms with Crippen LogP contribution in [0, 0.1) is 0 Å². The van der Waals surface area contributed by atoms with Gasteiger partial charge in [0.25, 0.3) is 5.91 Å². The van der Waals surface area contributed by atoms with Crippen LogP contribution in [-0.4, -0.2) is 74.2 Å². The Morgan fingerprint density at radius 2 is 2.30 bits per heavy atom. The van der Waals surface area contributed by atoms with Crippen LogP contribution in [0.4, 0.5) is 5.13 Å². The number of carbonyl (C=O) groups is 3. The summed E-state index contributed by atoms with van der Waals surface area (Å²) < 4.78 is 4.76. The summed E-state index contributed by atoms with van der Waals surface area (Å²) in [4.78, 5) is 45.5. The van der Waals surface area contributed by atoms with Crippen LogP contribution in [-0.2, 0) is 24.0 Å². The molecule has 0 aromatic carbocycles. The van der Waals surface area contributed by atoms with Crippen molar-refractivity contribution in [3.8, 4) is 0 Å². The van der Waals surface area contributed by atoms with E-state index in [0.29, 0.717) is 16.5 Å². The summed E-state index contributed by atoms with van der Waals surface area (Å²) in [6, 6.07) is -0.638. The van der Waals surface area contributed by atoms with E-state index in [1.807, 2.05) is 0 Å². The zero-order valence-electron chi connectivity index (χ0n) is 13.6. The van der Waals surface area contributed by atoms with Gasteiger partial charge in [0.15, 0.2) is 5.13 Å². The molecule has 1 aromatic heterocycles. The van der Waals surface area contributed by atoms with Crippen LogP contribution in [0.3, 0.4) is 0 Å². The van der Waals surface area contributed by atoms with Gasteiger partial charge in [-0.05, 0) is 0 Å². The lowest BCUT2D eigenvalue weighted by atomic mass is 10.0. The number of fused-ring (bicyclic) bond motifs is 2. The number of thiazole rings is 1. The molecule has 3 unspecified atom stereocenters. The number of anilines is 1. The van der Waals surface area contributed by atoms with E-state index in [0.717, 1.165) is 11.3 Å². The molecule has 1 fully saturated rings. The lowest BCUT2D eigenvalue weighted by molar-refractivity contribution is -0.156. The number of carboxylic acid groups (broad SMARTS) is 1. The number of hydrogen-bond donors (Lipinski definition) is 3. The minimum Gasteiger partial charge on any atom is -0.476 e. The van der Waals surface area contributed by atoms with Gasteiger partial charge < -0.3 is 25.1 Å². The van der Waals surface area contributed by atoms with Crippen molar-refractivity contribution in [1.82, 2.24) is 9.88 Å². The molecule has 3 aliphatic heterocycles. The third kappa shape index (κ3) is 2.74. The molecule has 3 atom stereocenters. The summed E-state index contributed by atoms with van der Waals surface area (Å²) >= 11 is 2.50. The van der Waals surface area contributed by atoms with Gasteiger partial charge in [0, 0.05) is 16.7 Å². The molecule has 3 N–H and O–H groups in total. The van der Waals surface area contributed by atoms with Crippen LogP contribution in [0.15, 0.2) is 21.8 Å². The number of aliphatic carboxylic acids is 1. The average Bonchev–Trinajstić information content (AvgIpc) is 3.20. The first kappa shape index (κ1) is 17.8. The fourth-order valence-electron chi connectivity index (χ4n) is 2.92. The Morgan fingerprint density at radius 1 is 1.52 bits per heavy atom. The van der Waals surface area contributed by atoms with Gasteiger partial charge in [0.1, 0.15) is 29.9 Å². The highest BCUT2D eigenvalue weighted by Crippen LogP contribution is 2.44. The second-order valence-corrected chi connectivity index (χ2v) is 7.59. The number of cyclic esters (lactones) is 1. The van der Waals surface area contributed by atoms with Crippen LogP contribution >= 0.6 is 23.1 Å². The second kappa shape index (κ2) is 6.51. The topological polar surface area (TPSA) is 151 Å². The maximum absolute atomic E-state index is 12.5. The lowest BCUT2D eigenvalue weighted by Crippen LogP contribution is -2.67. The SMILES string of the molecule is CON=C(C(=O)O)c1csc(NC2C(=O)N3C4=C(CSC23)C(O)OC4=O)n1. The van der Waals surface area contributed by atoms with Gasteiger partial charge in [0.2, 0.25) is 12.0 Å². The number of carbonyl (C=O) groups excluding carboxylic acids is 2. The Balaban J connectivity index is 1.51. The Morgan fingerprint density at radius 3 is 3.00 bits per heavy atom. The molecular formula is C14H12N4O7S2. The van der Waals surface area contributed by atoms with E-state index >= 15 is 0 Å². The van der Waals surface area contributed by atoms with Crippen LogP contribution in [0.2, 0.25) is 0 Å². The Bertz CT molecular complexity index is 911. The summed E-state index contributed by atoms with van der Waals surface area (Å²) in [5, 5.41) is 26.7. The molecule has 13 heteroatoms. The van der Waals surface area contributed by atoms with Crippen molar-refractivity contribution in [3.05, 3.63) is 22.3 Å². The number of ether oxygens (including phenoxy) is 1. The largest absolute Gasteiger partial charge is 0.476 e. The predicted molar refractivity (Wildman–Crippen MR) is 92.9 cm³/mol. The molecular weight excluding hydrogens is 400 g/mol. The molecule has 4 heterocycles. The number of nitrogens with zero attached hydrogens (tertiary/aromatic N) is 3. The van der Waals surface area contributed by atoms with Crippen molar-refractivity contribution in [1.29, 1.82) is 0 Å². The Kier molecular flexibility index (Phi) is 4.28. The van der Waals surface area contributed by atoms with Gasteiger partial charge in [-0.2, -0.15) is 0 Å². The summed E-state index contributed by atoms with van der Waals surface area (Å²) in [6.07, 6.45) is -1.31. The standard InChI is InChI=1S/C14H12N4O7S2/c1-24-17-6(11(20)21)5-3-27-14(15-5)16-7-9(19)18-8-4(2-26-10(7)18)12(22)25-13(8)23/h3,7,10,12,22H,2H2,1H3,(H,15,16)(H,20,21). The van der Waals surface area contributed by atoms with E-state index < -0.39 is 24.3 Å². The first-order chi connectivity index (χ1) is 12.9. The molecule has 1 aromatic rings.